The fourth-order valence-corrected chi connectivity index (χ4v) is 6.72. The summed E-state index contributed by atoms with van der Waals surface area (Å²) in [5, 5.41) is 25.8. The Bertz CT molecular complexity index is 1520. The highest BCUT2D eigenvalue weighted by Crippen LogP contribution is 2.42. The van der Waals surface area contributed by atoms with E-state index < -0.39 is 28.7 Å². The molecule has 0 bridgehead atoms. The van der Waals surface area contributed by atoms with Crippen molar-refractivity contribution >= 4 is 35.1 Å². The van der Waals surface area contributed by atoms with Crippen molar-refractivity contribution in [1.29, 1.82) is 0 Å². The molecule has 0 spiro atoms. The number of non-ortho nitro benzene ring substituents is 1. The van der Waals surface area contributed by atoms with E-state index in [-0.39, 0.29) is 30.2 Å². The van der Waals surface area contributed by atoms with E-state index in [9.17, 15) is 24.8 Å². The molecule has 2 heterocycles. The van der Waals surface area contributed by atoms with E-state index in [4.69, 9.17) is 23.9 Å². The van der Waals surface area contributed by atoms with Gasteiger partial charge in [-0.25, -0.2) is 4.79 Å². The minimum atomic E-state index is -0.947. The van der Waals surface area contributed by atoms with Crippen molar-refractivity contribution < 1.29 is 38.6 Å². The third-order valence-electron chi connectivity index (χ3n) is 8.11. The molecule has 1 saturated heterocycles. The lowest BCUT2D eigenvalue weighted by Gasteiger charge is -2.32. The number of hydrogen-bond acceptors (Lipinski definition) is 13. The number of aromatic hydroxyl groups is 1. The molecule has 0 saturated carbocycles. The molecule has 2 aromatic carbocycles. The minimum absolute atomic E-state index is 0.108. The number of nitro groups is 1. The molecule has 2 aromatic rings. The van der Waals surface area contributed by atoms with Gasteiger partial charge in [-0.15, -0.1) is 0 Å². The number of esters is 2. The van der Waals surface area contributed by atoms with Gasteiger partial charge in [0.05, 0.1) is 49.7 Å². The Balaban J connectivity index is 1.49. The van der Waals surface area contributed by atoms with E-state index in [0.29, 0.717) is 67.1 Å². The van der Waals surface area contributed by atoms with Crippen LogP contribution in [0, 0.1) is 16.0 Å². The SMILES string of the molecule is CCOC(=O)C1=C(CSCCNCc2cc(CN3CCOCC3)c(O)c(OC)c2)N=C(C)C(C(=O)OCC)C1c1cccc([N+](=O)[O-])c1. The maximum atomic E-state index is 13.5. The van der Waals surface area contributed by atoms with Crippen molar-refractivity contribution in [3.05, 3.63) is 74.5 Å². The largest absolute Gasteiger partial charge is 0.504 e. The van der Waals surface area contributed by atoms with Gasteiger partial charge in [0.2, 0.25) is 0 Å². The molecule has 4 rings (SSSR count). The highest BCUT2D eigenvalue weighted by molar-refractivity contribution is 7.99. The number of carbonyl (C=O) groups excluding carboxylic acids is 2. The van der Waals surface area contributed by atoms with Crippen LogP contribution in [-0.2, 0) is 36.9 Å². The lowest BCUT2D eigenvalue weighted by molar-refractivity contribution is -0.384. The maximum Gasteiger partial charge on any atom is 0.336 e. The molecule has 0 radical (unpaired) electrons. The Labute approximate surface area is 284 Å². The predicted molar refractivity (Wildman–Crippen MR) is 183 cm³/mol. The van der Waals surface area contributed by atoms with Gasteiger partial charge in [-0.1, -0.05) is 12.1 Å². The zero-order chi connectivity index (χ0) is 34.6. The third-order valence-corrected chi connectivity index (χ3v) is 9.09. The molecule has 0 aliphatic carbocycles. The maximum absolute atomic E-state index is 13.5. The number of nitro benzene ring substituents is 1. The van der Waals surface area contributed by atoms with Gasteiger partial charge in [0.25, 0.3) is 5.69 Å². The average Bonchev–Trinajstić information content (AvgIpc) is 3.07. The lowest BCUT2D eigenvalue weighted by atomic mass is 9.75. The van der Waals surface area contributed by atoms with Crippen molar-refractivity contribution in [2.75, 3.05) is 64.7 Å². The molecule has 2 unspecified atom stereocenters. The number of phenols is 1. The first-order valence-corrected chi connectivity index (χ1v) is 17.2. The Morgan fingerprint density at radius 3 is 2.60 bits per heavy atom. The van der Waals surface area contributed by atoms with Gasteiger partial charge in [-0.3, -0.25) is 24.8 Å². The van der Waals surface area contributed by atoms with Gasteiger partial charge in [-0.05, 0) is 44.0 Å². The molecule has 0 amide bonds. The van der Waals surface area contributed by atoms with E-state index in [1.165, 1.54) is 25.3 Å². The highest BCUT2D eigenvalue weighted by atomic mass is 32.2. The number of hydrogen-bond donors (Lipinski definition) is 2. The van der Waals surface area contributed by atoms with Crippen LogP contribution in [-0.4, -0.2) is 97.3 Å². The molecule has 2 atom stereocenters. The monoisotopic (exact) mass is 684 g/mol. The van der Waals surface area contributed by atoms with Crippen LogP contribution in [0.25, 0.3) is 0 Å². The van der Waals surface area contributed by atoms with Crippen molar-refractivity contribution in [3.8, 4) is 11.5 Å². The van der Waals surface area contributed by atoms with E-state index in [2.05, 4.69) is 10.2 Å². The molecule has 1 fully saturated rings. The predicted octanol–water partition coefficient (Wildman–Crippen LogP) is 4.22. The second kappa shape index (κ2) is 18.0. The Morgan fingerprint density at radius 2 is 1.92 bits per heavy atom. The Kier molecular flexibility index (Phi) is 13.8. The quantitative estimate of drug-likeness (QED) is 0.112. The lowest BCUT2D eigenvalue weighted by Crippen LogP contribution is -2.37. The molecule has 2 aliphatic heterocycles. The number of nitrogens with one attached hydrogen (secondary N) is 1. The molecule has 48 heavy (non-hydrogen) atoms. The number of methoxy groups -OCH3 is 1. The van der Waals surface area contributed by atoms with E-state index in [1.54, 1.807) is 38.6 Å². The van der Waals surface area contributed by atoms with E-state index in [0.717, 1.165) is 24.2 Å². The van der Waals surface area contributed by atoms with Crippen LogP contribution < -0.4 is 10.1 Å². The Morgan fingerprint density at radius 1 is 1.17 bits per heavy atom. The van der Waals surface area contributed by atoms with Crippen molar-refractivity contribution in [2.24, 2.45) is 10.9 Å². The van der Waals surface area contributed by atoms with Gasteiger partial charge in [0.1, 0.15) is 5.92 Å². The van der Waals surface area contributed by atoms with Crippen LogP contribution in [0.1, 0.15) is 43.4 Å². The summed E-state index contributed by atoms with van der Waals surface area (Å²) in [4.78, 5) is 44.7. The van der Waals surface area contributed by atoms with E-state index in [1.807, 2.05) is 12.1 Å². The zero-order valence-corrected chi connectivity index (χ0v) is 28.7. The standard InChI is InChI=1S/C34H44N4O9S/c1-5-46-33(40)29-22(3)36-27(31(34(41)47-6-2)30(29)24-8-7-9-26(18-24)38(42)43)21-48-15-10-35-19-23-16-25(32(39)28(17-23)44-4)20-37-11-13-45-14-12-37/h7-9,16-18,29-30,35,39H,5-6,10-15,19-21H2,1-4H3. The molecule has 14 heteroatoms. The summed E-state index contributed by atoms with van der Waals surface area (Å²) < 4.78 is 21.7. The molecular formula is C34H44N4O9S. The van der Waals surface area contributed by atoms with Crippen molar-refractivity contribution in [3.63, 3.8) is 0 Å². The number of aliphatic imine (C=N–C) groups is 1. The van der Waals surface area contributed by atoms with Crippen LogP contribution in [0.4, 0.5) is 5.69 Å². The highest BCUT2D eigenvalue weighted by Gasteiger charge is 2.43. The van der Waals surface area contributed by atoms with E-state index >= 15 is 0 Å². The summed E-state index contributed by atoms with van der Waals surface area (Å²) >= 11 is 1.56. The summed E-state index contributed by atoms with van der Waals surface area (Å²) in [6.45, 7) is 10.1. The number of rotatable bonds is 16. The fraction of sp³-hybridized carbons (Fsp3) is 0.500. The molecule has 2 N–H and O–H groups in total. The first kappa shape index (κ1) is 36.8. The zero-order valence-electron chi connectivity index (χ0n) is 27.9. The normalized spacial score (nSPS) is 18.3. The van der Waals surface area contributed by atoms with Gasteiger partial charge >= 0.3 is 11.9 Å². The number of ether oxygens (including phenoxy) is 4. The molecule has 2 aliphatic rings. The second-order valence-corrected chi connectivity index (χ2v) is 12.4. The van der Waals surface area contributed by atoms with Crippen molar-refractivity contribution in [1.82, 2.24) is 10.2 Å². The molecular weight excluding hydrogens is 640 g/mol. The van der Waals surface area contributed by atoms with Crippen molar-refractivity contribution in [2.45, 2.75) is 39.8 Å². The summed E-state index contributed by atoms with van der Waals surface area (Å²) in [5.74, 6) is -1.41. The van der Waals surface area contributed by atoms with Gasteiger partial charge in [0.15, 0.2) is 11.5 Å². The number of nitrogens with zero attached hydrogens (tertiary/aromatic N) is 3. The fourth-order valence-electron chi connectivity index (χ4n) is 5.88. The molecule has 260 valence electrons. The van der Waals surface area contributed by atoms with Gasteiger partial charge in [-0.2, -0.15) is 11.8 Å². The Hall–Kier alpha value is -3.98. The number of benzene rings is 2. The summed E-state index contributed by atoms with van der Waals surface area (Å²) in [6, 6.07) is 9.76. The van der Waals surface area contributed by atoms with Crippen LogP contribution in [0.5, 0.6) is 11.5 Å². The minimum Gasteiger partial charge on any atom is -0.504 e. The number of thioether (sulfide) groups is 1. The third kappa shape index (κ3) is 9.34. The molecule has 13 nitrogen and oxygen atoms in total. The van der Waals surface area contributed by atoms with Gasteiger partial charge < -0.3 is 29.4 Å². The summed E-state index contributed by atoms with van der Waals surface area (Å²) in [5.41, 5.74) is 3.17. The number of morpholine rings is 1. The summed E-state index contributed by atoms with van der Waals surface area (Å²) in [7, 11) is 1.54. The average molecular weight is 685 g/mol. The smallest absolute Gasteiger partial charge is 0.336 e. The first-order chi connectivity index (χ1) is 23.2. The van der Waals surface area contributed by atoms with Crippen LogP contribution in [0.2, 0.25) is 0 Å². The number of phenolic OH excluding ortho intramolecular Hbond substituents is 1. The molecule has 0 aromatic heterocycles. The summed E-state index contributed by atoms with van der Waals surface area (Å²) in [6.07, 6.45) is 0. The topological polar surface area (TPSA) is 162 Å². The van der Waals surface area contributed by atoms with Crippen LogP contribution in [0.15, 0.2) is 52.7 Å². The first-order valence-electron chi connectivity index (χ1n) is 16.0. The van der Waals surface area contributed by atoms with Crippen LogP contribution in [0.3, 0.4) is 0 Å². The van der Waals surface area contributed by atoms with Crippen LogP contribution >= 0.6 is 11.8 Å². The number of carbonyl (C=O) groups is 2. The second-order valence-electron chi connectivity index (χ2n) is 11.3. The van der Waals surface area contributed by atoms with Gasteiger partial charge in [0, 0.05) is 73.6 Å².